The molecule has 1 amide bonds. The SMILES string of the molecule is COc1ccc2nccc([C@H](O)CN3CCC(N(CC(=O)O)C(=O)OC(C)(C)C)CC3)c2c1. The van der Waals surface area contributed by atoms with Crippen molar-refractivity contribution in [3.8, 4) is 5.75 Å². The number of methoxy groups -OCH3 is 1. The summed E-state index contributed by atoms with van der Waals surface area (Å²) in [6.45, 7) is 6.56. The van der Waals surface area contributed by atoms with Crippen LogP contribution in [-0.2, 0) is 9.53 Å². The van der Waals surface area contributed by atoms with Crippen molar-refractivity contribution in [1.29, 1.82) is 0 Å². The van der Waals surface area contributed by atoms with Crippen LogP contribution in [0.25, 0.3) is 10.9 Å². The van der Waals surface area contributed by atoms with Gasteiger partial charge in [-0.25, -0.2) is 4.79 Å². The van der Waals surface area contributed by atoms with E-state index in [1.54, 1.807) is 34.1 Å². The van der Waals surface area contributed by atoms with E-state index in [0.29, 0.717) is 38.2 Å². The Hall–Kier alpha value is -2.91. The lowest BCUT2D eigenvalue weighted by atomic mass is 10.00. The molecule has 3 rings (SSSR count). The van der Waals surface area contributed by atoms with E-state index in [1.807, 2.05) is 24.3 Å². The number of piperidine rings is 1. The van der Waals surface area contributed by atoms with E-state index in [1.165, 1.54) is 4.90 Å². The van der Waals surface area contributed by atoms with Gasteiger partial charge in [-0.15, -0.1) is 0 Å². The van der Waals surface area contributed by atoms with E-state index >= 15 is 0 Å². The van der Waals surface area contributed by atoms with Crippen LogP contribution >= 0.6 is 0 Å². The van der Waals surface area contributed by atoms with Crippen molar-refractivity contribution in [3.63, 3.8) is 0 Å². The van der Waals surface area contributed by atoms with Crippen LogP contribution in [0.15, 0.2) is 30.5 Å². The van der Waals surface area contributed by atoms with Gasteiger partial charge in [0.2, 0.25) is 0 Å². The molecule has 9 nitrogen and oxygen atoms in total. The fourth-order valence-corrected chi connectivity index (χ4v) is 4.13. The number of nitrogens with zero attached hydrogens (tertiary/aromatic N) is 3. The van der Waals surface area contributed by atoms with Crippen molar-refractivity contribution < 1.29 is 29.3 Å². The summed E-state index contributed by atoms with van der Waals surface area (Å²) in [5, 5.41) is 21.1. The van der Waals surface area contributed by atoms with Crippen molar-refractivity contribution in [2.24, 2.45) is 0 Å². The molecule has 1 atom stereocenters. The lowest BCUT2D eigenvalue weighted by molar-refractivity contribution is -0.139. The number of rotatable bonds is 7. The van der Waals surface area contributed by atoms with Crippen LogP contribution in [0, 0.1) is 0 Å². The van der Waals surface area contributed by atoms with Crippen LogP contribution in [0.3, 0.4) is 0 Å². The molecule has 0 spiro atoms. The van der Waals surface area contributed by atoms with Gasteiger partial charge in [0.05, 0.1) is 18.7 Å². The molecule has 0 unspecified atom stereocenters. The lowest BCUT2D eigenvalue weighted by Crippen LogP contribution is -2.51. The third-order valence-corrected chi connectivity index (χ3v) is 5.70. The molecular formula is C24H33N3O6. The highest BCUT2D eigenvalue weighted by Crippen LogP contribution is 2.28. The first-order chi connectivity index (χ1) is 15.6. The summed E-state index contributed by atoms with van der Waals surface area (Å²) in [5.74, 6) is -0.371. The maximum absolute atomic E-state index is 12.6. The van der Waals surface area contributed by atoms with Crippen molar-refractivity contribution in [3.05, 3.63) is 36.0 Å². The number of benzene rings is 1. The zero-order valence-corrected chi connectivity index (χ0v) is 19.7. The normalized spacial score (nSPS) is 16.4. The average molecular weight is 460 g/mol. The van der Waals surface area contributed by atoms with Gasteiger partial charge < -0.3 is 24.6 Å². The van der Waals surface area contributed by atoms with Gasteiger partial charge in [0, 0.05) is 37.3 Å². The van der Waals surface area contributed by atoms with Crippen LogP contribution in [-0.4, -0.2) is 82.0 Å². The predicted molar refractivity (Wildman–Crippen MR) is 123 cm³/mol. The van der Waals surface area contributed by atoms with Gasteiger partial charge in [0.1, 0.15) is 17.9 Å². The maximum Gasteiger partial charge on any atom is 0.411 e. The van der Waals surface area contributed by atoms with Crippen LogP contribution < -0.4 is 4.74 Å². The monoisotopic (exact) mass is 459 g/mol. The van der Waals surface area contributed by atoms with Gasteiger partial charge in [-0.1, -0.05) is 0 Å². The largest absolute Gasteiger partial charge is 0.497 e. The standard InChI is InChI=1S/C24H33N3O6/c1-24(2,3)33-23(31)27(15-22(29)30)16-8-11-26(12-9-16)14-21(28)18-7-10-25-20-6-5-17(32-4)13-19(18)20/h5-7,10,13,16,21,28H,8-9,11-12,14-15H2,1-4H3,(H,29,30)/t21-/m1/s1. The number of carboxylic acids is 1. The summed E-state index contributed by atoms with van der Waals surface area (Å²) in [6.07, 6.45) is 1.55. The number of carboxylic acid groups (broad SMARTS) is 1. The smallest absolute Gasteiger partial charge is 0.411 e. The fraction of sp³-hybridized carbons (Fsp3) is 0.542. The van der Waals surface area contributed by atoms with Crippen LogP contribution in [0.5, 0.6) is 5.75 Å². The van der Waals surface area contributed by atoms with E-state index < -0.39 is 30.3 Å². The van der Waals surface area contributed by atoms with Gasteiger partial charge in [-0.2, -0.15) is 0 Å². The number of aliphatic hydroxyl groups excluding tert-OH is 1. The van der Waals surface area contributed by atoms with E-state index in [0.717, 1.165) is 16.5 Å². The Balaban J connectivity index is 1.65. The van der Waals surface area contributed by atoms with E-state index in [2.05, 4.69) is 9.88 Å². The predicted octanol–water partition coefficient (Wildman–Crippen LogP) is 3.06. The first-order valence-electron chi connectivity index (χ1n) is 11.1. The molecule has 0 saturated carbocycles. The molecule has 180 valence electrons. The Bertz CT molecular complexity index is 982. The molecular weight excluding hydrogens is 426 g/mol. The number of aliphatic carboxylic acids is 1. The molecule has 2 aromatic rings. The van der Waals surface area contributed by atoms with Gasteiger partial charge in [0.15, 0.2) is 0 Å². The number of likely N-dealkylation sites (tertiary alicyclic amines) is 1. The van der Waals surface area contributed by atoms with Crippen molar-refractivity contribution in [2.45, 2.75) is 51.4 Å². The molecule has 1 aliphatic rings. The van der Waals surface area contributed by atoms with Crippen LogP contribution in [0.4, 0.5) is 4.79 Å². The maximum atomic E-state index is 12.6. The van der Waals surface area contributed by atoms with E-state index in [4.69, 9.17) is 9.47 Å². The highest BCUT2D eigenvalue weighted by molar-refractivity contribution is 5.83. The number of β-amino-alcohol motifs (C(OH)–C–C–N with tert-alkyl or cyclic N) is 1. The molecule has 0 bridgehead atoms. The minimum atomic E-state index is -1.07. The number of hydrogen-bond donors (Lipinski definition) is 2. The number of amides is 1. The molecule has 1 saturated heterocycles. The topological polar surface area (TPSA) is 112 Å². The highest BCUT2D eigenvalue weighted by Gasteiger charge is 2.33. The van der Waals surface area contributed by atoms with Crippen molar-refractivity contribution >= 4 is 23.0 Å². The molecule has 2 N–H and O–H groups in total. The summed E-state index contributed by atoms with van der Waals surface area (Å²) < 4.78 is 10.7. The molecule has 9 heteroatoms. The Kier molecular flexibility index (Phi) is 7.76. The number of aromatic nitrogens is 1. The third kappa shape index (κ3) is 6.55. The first-order valence-corrected chi connectivity index (χ1v) is 11.1. The first kappa shape index (κ1) is 24.7. The third-order valence-electron chi connectivity index (χ3n) is 5.70. The Morgan fingerprint density at radius 1 is 1.24 bits per heavy atom. The van der Waals surface area contributed by atoms with Gasteiger partial charge in [0.25, 0.3) is 0 Å². The molecule has 1 aliphatic heterocycles. The number of ether oxygens (including phenoxy) is 2. The second kappa shape index (κ2) is 10.4. The number of carbonyl (C=O) groups is 2. The van der Waals surface area contributed by atoms with E-state index in [-0.39, 0.29) is 6.04 Å². The fourth-order valence-electron chi connectivity index (χ4n) is 4.13. The molecule has 1 fully saturated rings. The summed E-state index contributed by atoms with van der Waals surface area (Å²) in [6, 6.07) is 7.16. The molecule has 33 heavy (non-hydrogen) atoms. The average Bonchev–Trinajstić information content (AvgIpc) is 2.76. The quantitative estimate of drug-likeness (QED) is 0.650. The Morgan fingerprint density at radius 3 is 2.55 bits per heavy atom. The minimum absolute atomic E-state index is 0.227. The number of aliphatic hydroxyl groups is 1. The van der Waals surface area contributed by atoms with E-state index in [9.17, 15) is 19.8 Å². The number of fused-ring (bicyclic) bond motifs is 1. The zero-order valence-electron chi connectivity index (χ0n) is 19.7. The zero-order chi connectivity index (χ0) is 24.2. The van der Waals surface area contributed by atoms with Gasteiger partial charge in [-0.3, -0.25) is 14.7 Å². The van der Waals surface area contributed by atoms with Crippen molar-refractivity contribution in [2.75, 3.05) is 33.3 Å². The molecule has 1 aromatic heterocycles. The molecule has 1 aromatic carbocycles. The van der Waals surface area contributed by atoms with Crippen LogP contribution in [0.2, 0.25) is 0 Å². The number of carbonyl (C=O) groups excluding carboxylic acids is 1. The van der Waals surface area contributed by atoms with Gasteiger partial charge in [-0.05, 0) is 63.4 Å². The second-order valence-electron chi connectivity index (χ2n) is 9.33. The highest BCUT2D eigenvalue weighted by atomic mass is 16.6. The number of hydrogen-bond acceptors (Lipinski definition) is 7. The van der Waals surface area contributed by atoms with Crippen molar-refractivity contribution in [1.82, 2.24) is 14.8 Å². The molecule has 0 aliphatic carbocycles. The molecule has 2 heterocycles. The Labute approximate surface area is 193 Å². The Morgan fingerprint density at radius 2 is 1.94 bits per heavy atom. The second-order valence-corrected chi connectivity index (χ2v) is 9.33. The lowest BCUT2D eigenvalue weighted by Gasteiger charge is -2.38. The number of pyridine rings is 1. The summed E-state index contributed by atoms with van der Waals surface area (Å²) in [5.41, 5.74) is 0.865. The summed E-state index contributed by atoms with van der Waals surface area (Å²) in [7, 11) is 1.60. The van der Waals surface area contributed by atoms with Gasteiger partial charge >= 0.3 is 12.1 Å². The molecule has 0 radical (unpaired) electrons. The summed E-state index contributed by atoms with van der Waals surface area (Å²) in [4.78, 5) is 31.7. The van der Waals surface area contributed by atoms with Crippen LogP contribution in [0.1, 0.15) is 45.3 Å². The minimum Gasteiger partial charge on any atom is -0.497 e. The summed E-state index contributed by atoms with van der Waals surface area (Å²) >= 11 is 0.